The van der Waals surface area contributed by atoms with Crippen molar-refractivity contribution in [1.82, 2.24) is 0 Å². The van der Waals surface area contributed by atoms with E-state index in [0.29, 0.717) is 5.78 Å². The van der Waals surface area contributed by atoms with E-state index in [4.69, 9.17) is 4.99 Å². The molecule has 1 aliphatic heterocycles. The van der Waals surface area contributed by atoms with E-state index in [9.17, 15) is 4.79 Å². The van der Waals surface area contributed by atoms with Gasteiger partial charge in [0, 0.05) is 0 Å². The fourth-order valence-corrected chi connectivity index (χ4v) is 9.56. The van der Waals surface area contributed by atoms with Gasteiger partial charge in [-0.15, -0.1) is 0 Å². The summed E-state index contributed by atoms with van der Waals surface area (Å²) in [7, 11) is 0. The second-order valence-electron chi connectivity index (χ2n) is 13.8. The molecule has 0 saturated carbocycles. The van der Waals surface area contributed by atoms with Gasteiger partial charge in [-0.3, -0.25) is 0 Å². The summed E-state index contributed by atoms with van der Waals surface area (Å²) in [6.07, 6.45) is 40.1. The summed E-state index contributed by atoms with van der Waals surface area (Å²) in [5.74, 6) is 0.505. The molecule has 1 heterocycles. The zero-order valence-electron chi connectivity index (χ0n) is 28.4. The van der Waals surface area contributed by atoms with Crippen molar-refractivity contribution in [3.63, 3.8) is 0 Å². The molecule has 0 amide bonds. The molecule has 0 aromatic rings. The molecule has 3 heteroatoms. The predicted molar refractivity (Wildman–Crippen MR) is 182 cm³/mol. The molecule has 1 atom stereocenters. The first-order chi connectivity index (χ1) is 20.6. The number of carbonyl (C=O) groups is 1. The Morgan fingerprint density at radius 2 is 1.24 bits per heavy atom. The third-order valence-electron chi connectivity index (χ3n) is 9.60. The molecule has 1 aliphatic carbocycles. The Morgan fingerprint density at radius 3 is 1.81 bits per heavy atom. The van der Waals surface area contributed by atoms with Crippen LogP contribution in [0.1, 0.15) is 194 Å². The monoisotopic (exact) mass is 694 g/mol. The maximum atomic E-state index is 12.7. The van der Waals surface area contributed by atoms with Crippen LogP contribution in [0.3, 0.4) is 0 Å². The van der Waals surface area contributed by atoms with Gasteiger partial charge in [-0.05, 0) is 0 Å². The van der Waals surface area contributed by atoms with Crippen LogP contribution in [0.4, 0.5) is 0 Å². The molecule has 0 spiro atoms. The van der Waals surface area contributed by atoms with Crippen LogP contribution in [0.5, 0.6) is 0 Å². The molecular formula is C39H69INO-. The number of rotatable bonds is 28. The number of halogens is 1. The SMILES string of the molecule is CCCCCCCCCCCCCCCCCCCC(=O)CCC1(C)CCC=C(C2=NCC=C2[I-]CCCCCC)C1. The summed E-state index contributed by atoms with van der Waals surface area (Å²) in [5, 5.41) is 0. The zero-order chi connectivity index (χ0) is 30.1. The van der Waals surface area contributed by atoms with Crippen LogP contribution in [0.15, 0.2) is 26.3 Å². The van der Waals surface area contributed by atoms with E-state index in [1.165, 1.54) is 151 Å². The molecule has 0 saturated heterocycles. The molecule has 2 aliphatic rings. The quantitative estimate of drug-likeness (QED) is 0.0456. The molecule has 0 N–H and O–H groups in total. The topological polar surface area (TPSA) is 29.4 Å². The number of hydrogen-bond donors (Lipinski definition) is 0. The van der Waals surface area contributed by atoms with E-state index in [0.717, 1.165) is 45.1 Å². The Labute approximate surface area is 273 Å². The number of carbonyl (C=O) groups excluding carboxylic acids is 1. The number of hydrogen-bond acceptors (Lipinski definition) is 2. The summed E-state index contributed by atoms with van der Waals surface area (Å²) in [5.41, 5.74) is 3.13. The number of alkyl halides is 1. The number of unbranched alkanes of at least 4 members (excludes halogenated alkanes) is 19. The Bertz CT molecular complexity index is 796. The van der Waals surface area contributed by atoms with E-state index >= 15 is 0 Å². The Kier molecular flexibility index (Phi) is 22.3. The van der Waals surface area contributed by atoms with Gasteiger partial charge in [-0.1, -0.05) is 96.8 Å². The fourth-order valence-electron chi connectivity index (χ4n) is 6.67. The van der Waals surface area contributed by atoms with Crippen molar-refractivity contribution in [2.45, 2.75) is 194 Å². The molecule has 1 unspecified atom stereocenters. The van der Waals surface area contributed by atoms with Crippen molar-refractivity contribution in [2.75, 3.05) is 11.0 Å². The van der Waals surface area contributed by atoms with E-state index in [-0.39, 0.29) is 26.6 Å². The molecular weight excluding hydrogens is 625 g/mol. The Morgan fingerprint density at radius 1 is 0.714 bits per heavy atom. The van der Waals surface area contributed by atoms with Gasteiger partial charge < -0.3 is 0 Å². The molecule has 2 rings (SSSR count). The molecule has 0 fully saturated rings. The minimum absolute atomic E-state index is 0.0993. The first-order valence-corrected chi connectivity index (χ1v) is 21.2. The van der Waals surface area contributed by atoms with E-state index in [1.54, 1.807) is 3.58 Å². The summed E-state index contributed by atoms with van der Waals surface area (Å²) >= 11 is 0.0993. The van der Waals surface area contributed by atoms with Gasteiger partial charge in [0.2, 0.25) is 0 Å². The van der Waals surface area contributed by atoms with Crippen molar-refractivity contribution in [2.24, 2.45) is 10.4 Å². The summed E-state index contributed by atoms with van der Waals surface area (Å²) in [4.78, 5) is 17.7. The Balaban J connectivity index is 1.45. The average Bonchev–Trinajstić information content (AvgIpc) is 3.46. The second-order valence-corrected chi connectivity index (χ2v) is 16.8. The van der Waals surface area contributed by atoms with E-state index < -0.39 is 0 Å². The van der Waals surface area contributed by atoms with Crippen LogP contribution in [0, 0.1) is 5.41 Å². The van der Waals surface area contributed by atoms with Crippen LogP contribution in [-0.2, 0) is 4.79 Å². The summed E-state index contributed by atoms with van der Waals surface area (Å²) in [6.45, 7) is 7.92. The van der Waals surface area contributed by atoms with Crippen molar-refractivity contribution >= 4 is 11.5 Å². The molecule has 2 nitrogen and oxygen atoms in total. The molecule has 0 radical (unpaired) electrons. The Hall–Kier alpha value is -0.450. The van der Waals surface area contributed by atoms with Gasteiger partial charge in [-0.2, -0.15) is 0 Å². The molecule has 0 aromatic carbocycles. The first-order valence-electron chi connectivity index (χ1n) is 18.6. The minimum atomic E-state index is 0.0993. The average molecular weight is 695 g/mol. The number of ketones is 1. The number of Topliss-reactive ketones (excluding diaryl/α,β-unsaturated/α-hetero) is 1. The standard InChI is InChI=1S/C39H69INO/c1-4-6-8-10-11-12-13-14-15-16-17-18-19-20-21-22-23-27-36(42)28-31-39(3)30-25-26-35(34-39)38-37(29-33-41-38)40-32-24-9-7-5-2/h26,29H,4-25,27-28,30-34H2,1-3H3/q-1. The maximum absolute atomic E-state index is 12.7. The van der Waals surface area contributed by atoms with Crippen molar-refractivity contribution in [3.05, 3.63) is 21.3 Å². The van der Waals surface area contributed by atoms with Gasteiger partial charge in [0.15, 0.2) is 0 Å². The van der Waals surface area contributed by atoms with Crippen molar-refractivity contribution in [3.8, 4) is 0 Å². The van der Waals surface area contributed by atoms with Crippen LogP contribution < -0.4 is 21.2 Å². The third kappa shape index (κ3) is 17.7. The molecule has 0 bridgehead atoms. The molecule has 244 valence electrons. The summed E-state index contributed by atoms with van der Waals surface area (Å²) in [6, 6.07) is 0. The molecule has 0 aromatic heterocycles. The third-order valence-corrected chi connectivity index (χ3v) is 12.7. The fraction of sp³-hybridized carbons (Fsp3) is 0.846. The van der Waals surface area contributed by atoms with Gasteiger partial charge in [0.1, 0.15) is 0 Å². The van der Waals surface area contributed by atoms with Gasteiger partial charge in [0.05, 0.1) is 0 Å². The number of allylic oxidation sites excluding steroid dienone is 3. The number of nitrogens with zero attached hydrogens (tertiary/aromatic N) is 1. The van der Waals surface area contributed by atoms with Crippen molar-refractivity contribution in [1.29, 1.82) is 0 Å². The van der Waals surface area contributed by atoms with E-state index in [2.05, 4.69) is 32.9 Å². The zero-order valence-corrected chi connectivity index (χ0v) is 30.6. The van der Waals surface area contributed by atoms with Crippen LogP contribution in [-0.4, -0.2) is 22.5 Å². The van der Waals surface area contributed by atoms with Gasteiger partial charge in [0.25, 0.3) is 0 Å². The van der Waals surface area contributed by atoms with Crippen molar-refractivity contribution < 1.29 is 26.0 Å². The molecule has 42 heavy (non-hydrogen) atoms. The van der Waals surface area contributed by atoms with Gasteiger partial charge >= 0.3 is 177 Å². The second kappa shape index (κ2) is 24.8. The number of aliphatic imine (C=N–C) groups is 1. The van der Waals surface area contributed by atoms with Crippen LogP contribution >= 0.6 is 0 Å². The summed E-state index contributed by atoms with van der Waals surface area (Å²) < 4.78 is 3.01. The first kappa shape index (κ1) is 37.7. The van der Waals surface area contributed by atoms with Gasteiger partial charge in [-0.25, -0.2) is 0 Å². The predicted octanol–water partition coefficient (Wildman–Crippen LogP) is 9.50. The van der Waals surface area contributed by atoms with Crippen LogP contribution in [0.2, 0.25) is 0 Å². The van der Waals surface area contributed by atoms with Crippen LogP contribution in [0.25, 0.3) is 0 Å². The van der Waals surface area contributed by atoms with E-state index in [1.807, 2.05) is 0 Å². The normalized spacial score (nSPS) is 18.8.